The average Bonchev–Trinajstić information content (AvgIpc) is 1.64. The highest BCUT2D eigenvalue weighted by atomic mass is 14.3. The van der Waals surface area contributed by atoms with Gasteiger partial charge in [0.1, 0.15) is 0 Å². The summed E-state index contributed by atoms with van der Waals surface area (Å²) in [6.45, 7) is 15.2. The Morgan fingerprint density at radius 3 is 1.33 bits per heavy atom. The molecule has 0 saturated heterocycles. The van der Waals surface area contributed by atoms with E-state index in [1.807, 2.05) is 0 Å². The maximum absolute atomic E-state index is 3.92. The Hall–Kier alpha value is 0. The van der Waals surface area contributed by atoms with Crippen LogP contribution in [-0.4, -0.2) is 0 Å². The normalized spacial score (nSPS) is 14.0. The van der Waals surface area contributed by atoms with Crippen molar-refractivity contribution in [1.29, 1.82) is 0 Å². The molecular weight excluding hydrogens is 108 g/mol. The Kier molecular flexibility index (Phi) is 2.32. The van der Waals surface area contributed by atoms with Crippen LogP contribution in [-0.2, 0) is 0 Å². The molecule has 0 atom stereocenters. The SMILES string of the molecule is [CH2]CC(C)(C)C(C)(C)C. The predicted octanol–water partition coefficient (Wildman–Crippen LogP) is 3.28. The molecule has 0 aliphatic carbocycles. The fourth-order valence-electron chi connectivity index (χ4n) is 0.375. The third kappa shape index (κ3) is 2.00. The molecule has 0 bridgehead atoms. The van der Waals surface area contributed by atoms with Crippen molar-refractivity contribution in [2.45, 2.75) is 41.0 Å². The molecule has 0 amide bonds. The van der Waals surface area contributed by atoms with Crippen LogP contribution in [0.3, 0.4) is 0 Å². The van der Waals surface area contributed by atoms with E-state index in [1.165, 1.54) is 0 Å². The molecule has 0 N–H and O–H groups in total. The first-order chi connectivity index (χ1) is 3.81. The maximum Gasteiger partial charge on any atom is -0.0306 e. The molecule has 0 unspecified atom stereocenters. The zero-order chi connectivity index (χ0) is 7.71. The van der Waals surface area contributed by atoms with Crippen LogP contribution < -0.4 is 0 Å². The average molecular weight is 127 g/mol. The van der Waals surface area contributed by atoms with Crippen LogP contribution >= 0.6 is 0 Å². The van der Waals surface area contributed by atoms with Crippen molar-refractivity contribution < 1.29 is 0 Å². The van der Waals surface area contributed by atoms with E-state index in [2.05, 4.69) is 41.5 Å². The molecule has 0 saturated carbocycles. The highest BCUT2D eigenvalue weighted by Gasteiger charge is 2.30. The Morgan fingerprint density at radius 2 is 1.33 bits per heavy atom. The van der Waals surface area contributed by atoms with Crippen LogP contribution in [0, 0.1) is 17.8 Å². The molecule has 0 aromatic heterocycles. The summed E-state index contributed by atoms with van der Waals surface area (Å²) < 4.78 is 0. The van der Waals surface area contributed by atoms with Gasteiger partial charge in [0.05, 0.1) is 0 Å². The van der Waals surface area contributed by atoms with Gasteiger partial charge in [-0.15, -0.1) is 0 Å². The minimum absolute atomic E-state index is 0.368. The third-order valence-electron chi connectivity index (χ3n) is 2.66. The van der Waals surface area contributed by atoms with Crippen molar-refractivity contribution in [2.24, 2.45) is 10.8 Å². The van der Waals surface area contributed by atoms with Crippen molar-refractivity contribution in [2.75, 3.05) is 0 Å². The molecule has 0 aromatic carbocycles. The second-order valence-electron chi connectivity index (χ2n) is 4.38. The quantitative estimate of drug-likeness (QED) is 0.507. The minimum atomic E-state index is 0.368. The highest BCUT2D eigenvalue weighted by Crippen LogP contribution is 2.39. The lowest BCUT2D eigenvalue weighted by molar-refractivity contribution is 0.135. The largest absolute Gasteiger partial charge is 0.0597 e. The van der Waals surface area contributed by atoms with E-state index in [4.69, 9.17) is 0 Å². The van der Waals surface area contributed by atoms with Crippen molar-refractivity contribution in [3.8, 4) is 0 Å². The minimum Gasteiger partial charge on any atom is -0.0597 e. The molecule has 0 rings (SSSR count). The van der Waals surface area contributed by atoms with E-state index in [0.717, 1.165) is 6.42 Å². The number of hydrogen-bond acceptors (Lipinski definition) is 0. The smallest absolute Gasteiger partial charge is 0.0306 e. The van der Waals surface area contributed by atoms with E-state index >= 15 is 0 Å². The van der Waals surface area contributed by atoms with Crippen LogP contribution in [0.5, 0.6) is 0 Å². The van der Waals surface area contributed by atoms with Crippen LogP contribution in [0.4, 0.5) is 0 Å². The lowest BCUT2D eigenvalue weighted by Crippen LogP contribution is -2.28. The Balaban J connectivity index is 4.14. The molecule has 0 fully saturated rings. The lowest BCUT2D eigenvalue weighted by Gasteiger charge is -2.37. The summed E-state index contributed by atoms with van der Waals surface area (Å²) >= 11 is 0. The van der Waals surface area contributed by atoms with Gasteiger partial charge < -0.3 is 0 Å². The Morgan fingerprint density at radius 1 is 1.00 bits per heavy atom. The van der Waals surface area contributed by atoms with Crippen LogP contribution in [0.15, 0.2) is 0 Å². The van der Waals surface area contributed by atoms with Gasteiger partial charge in [-0.1, -0.05) is 41.5 Å². The zero-order valence-corrected chi connectivity index (χ0v) is 7.41. The van der Waals surface area contributed by atoms with Gasteiger partial charge >= 0.3 is 0 Å². The fraction of sp³-hybridized carbons (Fsp3) is 0.889. The van der Waals surface area contributed by atoms with Crippen LogP contribution in [0.1, 0.15) is 41.0 Å². The first kappa shape index (κ1) is 9.00. The highest BCUT2D eigenvalue weighted by molar-refractivity contribution is 4.82. The second kappa shape index (κ2) is 2.32. The summed E-state index contributed by atoms with van der Waals surface area (Å²) in [5, 5.41) is 0. The van der Waals surface area contributed by atoms with Gasteiger partial charge in [-0.3, -0.25) is 0 Å². The number of hydrogen-bond donors (Lipinski definition) is 0. The molecular formula is C9H19. The monoisotopic (exact) mass is 127 g/mol. The summed E-state index contributed by atoms with van der Waals surface area (Å²) in [5.41, 5.74) is 0.752. The predicted molar refractivity (Wildman–Crippen MR) is 43.2 cm³/mol. The fourth-order valence-corrected chi connectivity index (χ4v) is 0.375. The standard InChI is InChI=1S/C9H19/c1-7-9(5,6)8(2,3)4/h1,7H2,2-6H3. The molecule has 0 aromatic rings. The van der Waals surface area contributed by atoms with Gasteiger partial charge in [-0.25, -0.2) is 0 Å². The molecule has 0 nitrogen and oxygen atoms in total. The van der Waals surface area contributed by atoms with Crippen molar-refractivity contribution in [3.05, 3.63) is 6.92 Å². The first-order valence-electron chi connectivity index (χ1n) is 3.60. The topological polar surface area (TPSA) is 0 Å². The molecule has 0 heteroatoms. The first-order valence-corrected chi connectivity index (χ1v) is 3.60. The van der Waals surface area contributed by atoms with Gasteiger partial charge in [0.15, 0.2) is 0 Å². The van der Waals surface area contributed by atoms with Crippen molar-refractivity contribution >= 4 is 0 Å². The molecule has 0 aliphatic rings. The van der Waals surface area contributed by atoms with E-state index in [9.17, 15) is 0 Å². The van der Waals surface area contributed by atoms with Crippen molar-refractivity contribution in [1.82, 2.24) is 0 Å². The zero-order valence-electron chi connectivity index (χ0n) is 7.41. The summed E-state index contributed by atoms with van der Waals surface area (Å²) in [5.74, 6) is 0. The van der Waals surface area contributed by atoms with Crippen molar-refractivity contribution in [3.63, 3.8) is 0 Å². The summed E-state index contributed by atoms with van der Waals surface area (Å²) in [6.07, 6.45) is 1.01. The molecule has 9 heavy (non-hydrogen) atoms. The molecule has 55 valence electrons. The second-order valence-corrected chi connectivity index (χ2v) is 4.38. The van der Waals surface area contributed by atoms with Gasteiger partial charge in [0.2, 0.25) is 0 Å². The van der Waals surface area contributed by atoms with E-state index in [-0.39, 0.29) is 0 Å². The van der Waals surface area contributed by atoms with Crippen LogP contribution in [0.2, 0.25) is 0 Å². The summed E-state index contributed by atoms with van der Waals surface area (Å²) in [4.78, 5) is 0. The van der Waals surface area contributed by atoms with Crippen LogP contribution in [0.25, 0.3) is 0 Å². The molecule has 0 aliphatic heterocycles. The van der Waals surface area contributed by atoms with Gasteiger partial charge in [-0.2, -0.15) is 0 Å². The lowest BCUT2D eigenvalue weighted by atomic mass is 9.68. The molecule has 1 radical (unpaired) electrons. The van der Waals surface area contributed by atoms with Gasteiger partial charge in [0, 0.05) is 0 Å². The Labute approximate surface area is 59.7 Å². The van der Waals surface area contributed by atoms with E-state index < -0.39 is 0 Å². The van der Waals surface area contributed by atoms with Gasteiger partial charge in [-0.05, 0) is 17.3 Å². The van der Waals surface area contributed by atoms with E-state index in [1.54, 1.807) is 0 Å². The Bertz CT molecular complexity index is 82.7. The van der Waals surface area contributed by atoms with Gasteiger partial charge in [0.25, 0.3) is 0 Å². The maximum atomic E-state index is 3.92. The summed E-state index contributed by atoms with van der Waals surface area (Å²) in [6, 6.07) is 0. The van der Waals surface area contributed by atoms with E-state index in [0.29, 0.717) is 10.8 Å². The number of rotatable bonds is 1. The summed E-state index contributed by atoms with van der Waals surface area (Å²) in [7, 11) is 0. The molecule has 0 heterocycles. The molecule has 0 spiro atoms. The third-order valence-corrected chi connectivity index (χ3v) is 2.66.